The van der Waals surface area contributed by atoms with Crippen LogP contribution in [0.5, 0.6) is 0 Å². The second-order valence-corrected chi connectivity index (χ2v) is 1.71. The highest BCUT2D eigenvalue weighted by atomic mass is 16.4. The van der Waals surface area contributed by atoms with Gasteiger partial charge in [-0.05, 0) is 19.0 Å². The molecule has 0 aromatic heterocycles. The second kappa shape index (κ2) is 5.15. The highest BCUT2D eigenvalue weighted by Gasteiger charge is 1.92. The number of unbranched alkanes of at least 4 members (excludes halogenated alkanes) is 1. The normalized spacial score (nSPS) is 10.2. The maximum Gasteiger partial charge on any atom is 0.303 e. The molecular formula is C6H11NO2. The fraction of sp³-hybridized carbons (Fsp3) is 0.500. The van der Waals surface area contributed by atoms with Gasteiger partial charge in [-0.2, -0.15) is 0 Å². The average Bonchev–Trinajstić information content (AvgIpc) is 1.80. The van der Waals surface area contributed by atoms with Crippen LogP contribution in [-0.4, -0.2) is 11.1 Å². The minimum absolute atomic E-state index is 0.227. The number of allylic oxidation sites excluding steroid dienone is 1. The molecule has 0 radical (unpaired) electrons. The summed E-state index contributed by atoms with van der Waals surface area (Å²) in [4.78, 5) is 9.91. The van der Waals surface area contributed by atoms with Crippen molar-refractivity contribution in [2.45, 2.75) is 19.3 Å². The largest absolute Gasteiger partial charge is 0.481 e. The lowest BCUT2D eigenvalue weighted by atomic mass is 10.2. The summed E-state index contributed by atoms with van der Waals surface area (Å²) in [7, 11) is 0. The highest BCUT2D eigenvalue weighted by Crippen LogP contribution is 1.94. The molecule has 3 heteroatoms. The van der Waals surface area contributed by atoms with Crippen LogP contribution >= 0.6 is 0 Å². The molecule has 0 aliphatic heterocycles. The summed E-state index contributed by atoms with van der Waals surface area (Å²) >= 11 is 0. The zero-order valence-corrected chi connectivity index (χ0v) is 5.21. The Bertz CT molecular complexity index is 110. The topological polar surface area (TPSA) is 63.3 Å². The van der Waals surface area contributed by atoms with Gasteiger partial charge < -0.3 is 10.8 Å². The van der Waals surface area contributed by atoms with E-state index in [0.29, 0.717) is 6.42 Å². The van der Waals surface area contributed by atoms with Crippen molar-refractivity contribution in [3.8, 4) is 0 Å². The van der Waals surface area contributed by atoms with E-state index in [1.54, 1.807) is 6.08 Å². The molecule has 3 N–H and O–H groups in total. The summed E-state index contributed by atoms with van der Waals surface area (Å²) in [5, 5.41) is 8.16. The SMILES string of the molecule is N/C=C\CCCC(=O)O. The number of carboxylic acid groups (broad SMARTS) is 1. The molecule has 0 spiro atoms. The van der Waals surface area contributed by atoms with Crippen LogP contribution < -0.4 is 5.73 Å². The lowest BCUT2D eigenvalue weighted by molar-refractivity contribution is -0.137. The molecular weight excluding hydrogens is 118 g/mol. The van der Waals surface area contributed by atoms with Crippen LogP contribution in [0.3, 0.4) is 0 Å². The van der Waals surface area contributed by atoms with Crippen molar-refractivity contribution in [3.63, 3.8) is 0 Å². The van der Waals surface area contributed by atoms with E-state index in [2.05, 4.69) is 0 Å². The first-order chi connectivity index (χ1) is 4.27. The molecule has 0 saturated heterocycles. The summed E-state index contributed by atoms with van der Waals surface area (Å²) in [6.07, 6.45) is 4.83. The Hall–Kier alpha value is -0.990. The molecule has 0 aromatic carbocycles. The van der Waals surface area contributed by atoms with E-state index in [1.165, 1.54) is 6.20 Å². The van der Waals surface area contributed by atoms with Gasteiger partial charge in [-0.15, -0.1) is 0 Å². The third-order valence-corrected chi connectivity index (χ3v) is 0.898. The fourth-order valence-corrected chi connectivity index (χ4v) is 0.467. The fourth-order valence-electron chi connectivity index (χ4n) is 0.467. The summed E-state index contributed by atoms with van der Waals surface area (Å²) in [5.74, 6) is -0.750. The van der Waals surface area contributed by atoms with Crippen molar-refractivity contribution < 1.29 is 9.90 Å². The van der Waals surface area contributed by atoms with Crippen molar-refractivity contribution in [2.75, 3.05) is 0 Å². The van der Waals surface area contributed by atoms with E-state index in [9.17, 15) is 4.79 Å². The number of rotatable bonds is 4. The van der Waals surface area contributed by atoms with Gasteiger partial charge in [0.05, 0.1) is 0 Å². The van der Waals surface area contributed by atoms with Crippen LogP contribution in [0.2, 0.25) is 0 Å². The predicted octanol–water partition coefficient (Wildman–Crippen LogP) is 0.714. The van der Waals surface area contributed by atoms with Gasteiger partial charge in [0, 0.05) is 6.42 Å². The zero-order chi connectivity index (χ0) is 7.11. The smallest absolute Gasteiger partial charge is 0.303 e. The van der Waals surface area contributed by atoms with Crippen molar-refractivity contribution in [2.24, 2.45) is 5.73 Å². The van der Waals surface area contributed by atoms with Crippen LogP contribution in [0.15, 0.2) is 12.3 Å². The van der Waals surface area contributed by atoms with E-state index in [1.807, 2.05) is 0 Å². The lowest BCUT2D eigenvalue weighted by Crippen LogP contribution is -1.92. The predicted molar refractivity (Wildman–Crippen MR) is 34.8 cm³/mol. The average molecular weight is 129 g/mol. The molecule has 0 heterocycles. The molecule has 0 unspecified atom stereocenters. The number of hydrogen-bond donors (Lipinski definition) is 2. The van der Waals surface area contributed by atoms with Crippen LogP contribution in [0.25, 0.3) is 0 Å². The minimum atomic E-state index is -0.750. The lowest BCUT2D eigenvalue weighted by Gasteiger charge is -1.88. The number of nitrogens with two attached hydrogens (primary N) is 1. The highest BCUT2D eigenvalue weighted by molar-refractivity contribution is 5.66. The van der Waals surface area contributed by atoms with Gasteiger partial charge >= 0.3 is 5.97 Å². The maximum absolute atomic E-state index is 9.91. The standard InChI is InChI=1S/C6H11NO2/c7-5-3-1-2-4-6(8)9/h3,5H,1-2,4,7H2,(H,8,9)/b5-3-. The van der Waals surface area contributed by atoms with Gasteiger partial charge in [-0.1, -0.05) is 6.08 Å². The van der Waals surface area contributed by atoms with E-state index in [4.69, 9.17) is 10.8 Å². The molecule has 0 atom stereocenters. The summed E-state index contributed by atoms with van der Waals surface area (Å²) in [6, 6.07) is 0. The van der Waals surface area contributed by atoms with E-state index in [0.717, 1.165) is 6.42 Å². The number of carboxylic acids is 1. The molecule has 0 aromatic rings. The van der Waals surface area contributed by atoms with Crippen LogP contribution in [0.4, 0.5) is 0 Å². The molecule has 3 nitrogen and oxygen atoms in total. The second-order valence-electron chi connectivity index (χ2n) is 1.71. The first kappa shape index (κ1) is 8.01. The quantitative estimate of drug-likeness (QED) is 0.549. The Morgan fingerprint density at radius 2 is 2.33 bits per heavy atom. The van der Waals surface area contributed by atoms with Crippen LogP contribution in [0, 0.1) is 0 Å². The molecule has 0 bridgehead atoms. The minimum Gasteiger partial charge on any atom is -0.481 e. The third-order valence-electron chi connectivity index (χ3n) is 0.898. The Labute approximate surface area is 54.2 Å². The number of hydrogen-bond acceptors (Lipinski definition) is 2. The van der Waals surface area contributed by atoms with Crippen LogP contribution in [0.1, 0.15) is 19.3 Å². The van der Waals surface area contributed by atoms with Gasteiger partial charge in [0.1, 0.15) is 0 Å². The molecule has 0 amide bonds. The molecule has 0 aliphatic carbocycles. The molecule has 0 fully saturated rings. The first-order valence-electron chi connectivity index (χ1n) is 2.86. The van der Waals surface area contributed by atoms with E-state index in [-0.39, 0.29) is 6.42 Å². The molecule has 0 aliphatic rings. The summed E-state index contributed by atoms with van der Waals surface area (Å²) in [5.41, 5.74) is 5.02. The van der Waals surface area contributed by atoms with Gasteiger partial charge in [0.25, 0.3) is 0 Å². The van der Waals surface area contributed by atoms with Crippen molar-refractivity contribution >= 4 is 5.97 Å². The van der Waals surface area contributed by atoms with Crippen molar-refractivity contribution in [3.05, 3.63) is 12.3 Å². The van der Waals surface area contributed by atoms with Gasteiger partial charge in [0.15, 0.2) is 0 Å². The van der Waals surface area contributed by atoms with Gasteiger partial charge in [-0.3, -0.25) is 4.79 Å². The summed E-state index contributed by atoms with van der Waals surface area (Å²) < 4.78 is 0. The summed E-state index contributed by atoms with van der Waals surface area (Å²) in [6.45, 7) is 0. The third kappa shape index (κ3) is 7.01. The Morgan fingerprint density at radius 1 is 1.67 bits per heavy atom. The zero-order valence-electron chi connectivity index (χ0n) is 5.21. The first-order valence-corrected chi connectivity index (χ1v) is 2.86. The number of aliphatic carboxylic acids is 1. The molecule has 52 valence electrons. The number of carbonyl (C=O) groups is 1. The molecule has 0 rings (SSSR count). The Kier molecular flexibility index (Phi) is 4.59. The Morgan fingerprint density at radius 3 is 2.78 bits per heavy atom. The van der Waals surface area contributed by atoms with Gasteiger partial charge in [-0.25, -0.2) is 0 Å². The maximum atomic E-state index is 9.91. The van der Waals surface area contributed by atoms with E-state index >= 15 is 0 Å². The van der Waals surface area contributed by atoms with Crippen molar-refractivity contribution in [1.29, 1.82) is 0 Å². The molecule has 9 heavy (non-hydrogen) atoms. The van der Waals surface area contributed by atoms with Crippen molar-refractivity contribution in [1.82, 2.24) is 0 Å². The monoisotopic (exact) mass is 129 g/mol. The van der Waals surface area contributed by atoms with Gasteiger partial charge in [0.2, 0.25) is 0 Å². The van der Waals surface area contributed by atoms with E-state index < -0.39 is 5.97 Å². The molecule has 0 saturated carbocycles. The Balaban J connectivity index is 3.01. The van der Waals surface area contributed by atoms with Crippen LogP contribution in [-0.2, 0) is 4.79 Å².